The van der Waals surface area contributed by atoms with Gasteiger partial charge in [-0.05, 0) is 84.3 Å². The van der Waals surface area contributed by atoms with Gasteiger partial charge in [-0.3, -0.25) is 9.59 Å². The Bertz CT molecular complexity index is 1850. The molecule has 1 amide bonds. The molecule has 4 N–H and O–H groups in total. The van der Waals surface area contributed by atoms with Crippen LogP contribution >= 0.6 is 22.7 Å². The lowest BCUT2D eigenvalue weighted by Crippen LogP contribution is -2.32. The van der Waals surface area contributed by atoms with E-state index in [0.29, 0.717) is 35.2 Å². The molecule has 52 heavy (non-hydrogen) atoms. The van der Waals surface area contributed by atoms with Crippen LogP contribution in [0.3, 0.4) is 0 Å². The smallest absolute Gasteiger partial charge is 0.261 e. The first-order valence-electron chi connectivity index (χ1n) is 19.1. The number of unbranched alkanes of at least 4 members (excludes halogenated alkanes) is 3. The van der Waals surface area contributed by atoms with E-state index in [9.17, 15) is 4.79 Å². The number of hydrogen-bond donors (Lipinski definition) is 2. The summed E-state index contributed by atoms with van der Waals surface area (Å²) in [4.78, 5) is 36.9. The molecule has 0 bridgehead atoms. The molecule has 276 valence electrons. The average Bonchev–Trinajstić information content (AvgIpc) is 3.90. The third-order valence-electron chi connectivity index (χ3n) is 10.4. The summed E-state index contributed by atoms with van der Waals surface area (Å²) in [5.74, 6) is 0.711. The van der Waals surface area contributed by atoms with Crippen molar-refractivity contribution in [3.8, 4) is 20.9 Å². The first kappa shape index (κ1) is 39.1. The van der Waals surface area contributed by atoms with Crippen LogP contribution < -0.4 is 11.5 Å². The Morgan fingerprint density at radius 2 is 1.29 bits per heavy atom. The quantitative estimate of drug-likeness (QED) is 0.0433. The summed E-state index contributed by atoms with van der Waals surface area (Å²) in [5, 5.41) is 0. The Kier molecular flexibility index (Phi) is 14.0. The molecule has 0 spiro atoms. The predicted octanol–water partition coefficient (Wildman–Crippen LogP) is 11.2. The van der Waals surface area contributed by atoms with E-state index in [1.54, 1.807) is 22.7 Å². The molecule has 6 nitrogen and oxygen atoms in total. The van der Waals surface area contributed by atoms with Crippen LogP contribution in [0.25, 0.3) is 32.3 Å². The van der Waals surface area contributed by atoms with Gasteiger partial charge in [0.25, 0.3) is 5.91 Å². The SMILES string of the molecule is CCCCCC(CC)CN1C(=O)/C(=C(\c2ccc(-c3ccc(N)cc3)s2)N(C)CC(CC)CCCC)C(C=O)=C1c1ccc(-c2ccc(N)cc2)s1. The number of aldehydes is 1. The van der Waals surface area contributed by atoms with E-state index in [2.05, 4.69) is 63.9 Å². The summed E-state index contributed by atoms with van der Waals surface area (Å²) >= 11 is 3.28. The Morgan fingerprint density at radius 1 is 0.731 bits per heavy atom. The zero-order chi connectivity index (χ0) is 37.2. The van der Waals surface area contributed by atoms with E-state index in [-0.39, 0.29) is 5.91 Å². The molecule has 2 aromatic heterocycles. The van der Waals surface area contributed by atoms with Gasteiger partial charge < -0.3 is 21.3 Å². The molecule has 0 saturated heterocycles. The van der Waals surface area contributed by atoms with Crippen LogP contribution in [0.5, 0.6) is 0 Å². The summed E-state index contributed by atoms with van der Waals surface area (Å²) in [6.07, 6.45) is 10.9. The monoisotopic (exact) mass is 736 g/mol. The van der Waals surface area contributed by atoms with Crippen molar-refractivity contribution in [2.45, 2.75) is 85.5 Å². The standard InChI is InChI=1S/C44H56N4O2S2/c1-6-10-12-14-31(9-4)28-48-42(39-25-23-37(51-39)32-15-19-34(45)20-16-32)36(29-49)41(44(48)50)43(47(5)27-30(8-3)13-11-7-2)40-26-24-38(52-40)33-17-21-35(46)22-18-33/h15-26,29-31H,6-14,27-28,45-46H2,1-5H3/b43-41+. The van der Waals surface area contributed by atoms with Gasteiger partial charge in [0.1, 0.15) is 0 Å². The number of nitrogens with two attached hydrogens (primary N) is 2. The summed E-state index contributed by atoms with van der Waals surface area (Å²) in [5.41, 5.74) is 18.1. The van der Waals surface area contributed by atoms with Crippen LogP contribution in [0, 0.1) is 11.8 Å². The molecule has 2 unspecified atom stereocenters. The van der Waals surface area contributed by atoms with Crippen molar-refractivity contribution in [3.05, 3.63) is 93.7 Å². The van der Waals surface area contributed by atoms with Crippen molar-refractivity contribution in [1.29, 1.82) is 0 Å². The number of rotatable bonds is 19. The zero-order valence-electron chi connectivity index (χ0n) is 31.6. The number of anilines is 2. The normalized spacial score (nSPS) is 15.3. The van der Waals surface area contributed by atoms with Crippen LogP contribution in [0.4, 0.5) is 11.4 Å². The minimum Gasteiger partial charge on any atom is -0.399 e. The number of carbonyl (C=O) groups is 2. The third kappa shape index (κ3) is 9.07. The van der Waals surface area contributed by atoms with Crippen LogP contribution in [-0.2, 0) is 9.59 Å². The van der Waals surface area contributed by atoms with Gasteiger partial charge in [0, 0.05) is 41.3 Å². The van der Waals surface area contributed by atoms with E-state index in [1.807, 2.05) is 53.4 Å². The number of nitrogen functional groups attached to an aromatic ring is 2. The van der Waals surface area contributed by atoms with Crippen LogP contribution in [-0.4, -0.2) is 42.1 Å². The maximum atomic E-state index is 15.1. The summed E-state index contributed by atoms with van der Waals surface area (Å²) in [7, 11) is 2.10. The predicted molar refractivity (Wildman–Crippen MR) is 224 cm³/mol. The Balaban J connectivity index is 1.69. The zero-order valence-corrected chi connectivity index (χ0v) is 33.3. The van der Waals surface area contributed by atoms with Crippen molar-refractivity contribution in [1.82, 2.24) is 9.80 Å². The third-order valence-corrected chi connectivity index (χ3v) is 12.7. The second-order valence-corrected chi connectivity index (χ2v) is 16.3. The number of benzene rings is 2. The first-order valence-corrected chi connectivity index (χ1v) is 20.7. The van der Waals surface area contributed by atoms with E-state index in [1.165, 1.54) is 12.8 Å². The molecule has 1 aliphatic heterocycles. The molecular formula is C44H56N4O2S2. The highest BCUT2D eigenvalue weighted by molar-refractivity contribution is 7.17. The van der Waals surface area contributed by atoms with Crippen molar-refractivity contribution in [3.63, 3.8) is 0 Å². The number of nitrogens with zero attached hydrogens (tertiary/aromatic N) is 2. The van der Waals surface area contributed by atoms with E-state index in [4.69, 9.17) is 11.5 Å². The van der Waals surface area contributed by atoms with Gasteiger partial charge in [-0.1, -0.05) is 96.9 Å². The van der Waals surface area contributed by atoms with Gasteiger partial charge >= 0.3 is 0 Å². The topological polar surface area (TPSA) is 92.7 Å². The Labute approximate surface area is 319 Å². The molecule has 8 heteroatoms. The number of thiophene rings is 2. The molecule has 5 rings (SSSR count). The van der Waals surface area contributed by atoms with Crippen molar-refractivity contribution < 1.29 is 9.59 Å². The van der Waals surface area contributed by atoms with Crippen LogP contribution in [0.15, 0.2) is 83.9 Å². The lowest BCUT2D eigenvalue weighted by atomic mass is 9.97. The molecule has 3 heterocycles. The van der Waals surface area contributed by atoms with Gasteiger partial charge in [-0.15, -0.1) is 22.7 Å². The van der Waals surface area contributed by atoms with E-state index < -0.39 is 0 Å². The maximum absolute atomic E-state index is 15.1. The molecule has 2 aromatic carbocycles. The van der Waals surface area contributed by atoms with E-state index in [0.717, 1.165) is 105 Å². The van der Waals surface area contributed by atoms with Crippen molar-refractivity contribution >= 4 is 57.6 Å². The minimum atomic E-state index is -0.0839. The lowest BCUT2D eigenvalue weighted by molar-refractivity contribution is -0.123. The fourth-order valence-electron chi connectivity index (χ4n) is 7.20. The Hall–Kier alpha value is -4.14. The van der Waals surface area contributed by atoms with Gasteiger partial charge in [-0.2, -0.15) is 0 Å². The second-order valence-electron chi connectivity index (χ2n) is 14.2. The molecular weight excluding hydrogens is 681 g/mol. The Morgan fingerprint density at radius 3 is 1.87 bits per heavy atom. The maximum Gasteiger partial charge on any atom is 0.261 e. The molecule has 0 radical (unpaired) electrons. The summed E-state index contributed by atoms with van der Waals surface area (Å²) < 4.78 is 0. The van der Waals surface area contributed by atoms with Gasteiger partial charge in [0.2, 0.25) is 0 Å². The highest BCUT2D eigenvalue weighted by Gasteiger charge is 2.40. The minimum absolute atomic E-state index is 0.0839. The first-order chi connectivity index (χ1) is 25.2. The van der Waals surface area contributed by atoms with Crippen molar-refractivity contribution in [2.75, 3.05) is 31.6 Å². The van der Waals surface area contributed by atoms with Crippen LogP contribution in [0.1, 0.15) is 95.2 Å². The highest BCUT2D eigenvalue weighted by atomic mass is 32.1. The lowest BCUT2D eigenvalue weighted by Gasteiger charge is -2.29. The van der Waals surface area contributed by atoms with Crippen LogP contribution in [0.2, 0.25) is 0 Å². The fourth-order valence-corrected chi connectivity index (χ4v) is 9.40. The molecule has 0 aliphatic carbocycles. The summed E-state index contributed by atoms with van der Waals surface area (Å²) in [6, 6.07) is 24.2. The fraction of sp³-hybridized carbons (Fsp3) is 0.409. The number of carbonyl (C=O) groups excluding carboxylic acids is 2. The molecule has 4 aromatic rings. The molecule has 2 atom stereocenters. The summed E-state index contributed by atoms with van der Waals surface area (Å²) in [6.45, 7) is 10.3. The van der Waals surface area contributed by atoms with E-state index >= 15 is 4.79 Å². The van der Waals surface area contributed by atoms with Gasteiger partial charge in [-0.25, -0.2) is 0 Å². The molecule has 0 fully saturated rings. The average molecular weight is 737 g/mol. The number of hydrogen-bond acceptors (Lipinski definition) is 7. The molecule has 1 aliphatic rings. The highest BCUT2D eigenvalue weighted by Crippen LogP contribution is 2.45. The largest absolute Gasteiger partial charge is 0.399 e. The van der Waals surface area contributed by atoms with Gasteiger partial charge in [0.05, 0.1) is 32.3 Å². The van der Waals surface area contributed by atoms with Gasteiger partial charge in [0.15, 0.2) is 6.29 Å². The number of amides is 1. The second kappa shape index (κ2) is 18.6. The van der Waals surface area contributed by atoms with Crippen molar-refractivity contribution in [2.24, 2.45) is 11.8 Å². The molecule has 0 saturated carbocycles.